The lowest BCUT2D eigenvalue weighted by Crippen LogP contribution is -2.36. The Balaban J connectivity index is 1.27. The third-order valence-corrected chi connectivity index (χ3v) is 7.77. The highest BCUT2D eigenvalue weighted by molar-refractivity contribution is 7.22. The molecule has 1 aliphatic heterocycles. The van der Waals surface area contributed by atoms with Gasteiger partial charge >= 0.3 is 6.09 Å². The fourth-order valence-corrected chi connectivity index (χ4v) is 5.62. The van der Waals surface area contributed by atoms with E-state index in [2.05, 4.69) is 5.32 Å². The summed E-state index contributed by atoms with van der Waals surface area (Å²) in [5.74, 6) is -0.448. The molecule has 2 amide bonds. The van der Waals surface area contributed by atoms with Crippen molar-refractivity contribution in [1.29, 1.82) is 0 Å². The van der Waals surface area contributed by atoms with Crippen molar-refractivity contribution >= 4 is 50.7 Å². The molecule has 9 heteroatoms. The minimum Gasteiger partial charge on any atom is -0.444 e. The number of carbonyl (C=O) groups is 2. The molecule has 2 aromatic heterocycles. The van der Waals surface area contributed by atoms with Crippen molar-refractivity contribution in [2.24, 2.45) is 5.92 Å². The van der Waals surface area contributed by atoms with E-state index in [9.17, 15) is 14.4 Å². The second kappa shape index (κ2) is 10.3. The van der Waals surface area contributed by atoms with Crippen LogP contribution in [0.2, 0.25) is 5.02 Å². The predicted molar refractivity (Wildman–Crippen MR) is 152 cm³/mol. The van der Waals surface area contributed by atoms with Crippen LogP contribution in [-0.2, 0) is 9.53 Å². The first-order valence-electron chi connectivity index (χ1n) is 12.4. The van der Waals surface area contributed by atoms with Gasteiger partial charge in [-0.2, -0.15) is 0 Å². The minimum atomic E-state index is -0.575. The first-order valence-corrected chi connectivity index (χ1v) is 13.6. The standard InChI is InChI=1S/C29H28ClN3O4S/c1-29(2,3)37-28(36)32-14-12-20(17-32)26(34)31-22-8-10-23(11-9-22)33-15-13-19-16-24(38-25(19)27(33)35)18-4-6-21(30)7-5-18/h4-11,13,15-16,20H,12,14,17H2,1-3H3,(H,31,34). The summed E-state index contributed by atoms with van der Waals surface area (Å²) < 4.78 is 7.69. The number of hydrogen-bond acceptors (Lipinski definition) is 5. The third-order valence-electron chi connectivity index (χ3n) is 6.33. The van der Waals surface area contributed by atoms with Gasteiger partial charge in [0.1, 0.15) is 10.3 Å². The molecule has 0 bridgehead atoms. The monoisotopic (exact) mass is 549 g/mol. The fourth-order valence-electron chi connectivity index (χ4n) is 4.40. The molecule has 0 saturated carbocycles. The number of amides is 2. The van der Waals surface area contributed by atoms with Gasteiger partial charge in [-0.1, -0.05) is 23.7 Å². The molecule has 1 unspecified atom stereocenters. The zero-order valence-corrected chi connectivity index (χ0v) is 22.9. The highest BCUT2D eigenvalue weighted by Crippen LogP contribution is 2.32. The molecule has 2 aromatic carbocycles. The Morgan fingerprint density at radius 1 is 1.05 bits per heavy atom. The van der Waals surface area contributed by atoms with E-state index in [0.717, 1.165) is 15.8 Å². The Kier molecular flexibility index (Phi) is 7.03. The molecule has 3 heterocycles. The quantitative estimate of drug-likeness (QED) is 0.312. The van der Waals surface area contributed by atoms with Crippen LogP contribution in [-0.4, -0.2) is 40.2 Å². The number of anilines is 1. The fraction of sp³-hybridized carbons (Fsp3) is 0.276. The van der Waals surface area contributed by atoms with E-state index in [1.54, 1.807) is 39.9 Å². The lowest BCUT2D eigenvalue weighted by Gasteiger charge is -2.24. The zero-order chi connectivity index (χ0) is 27.0. The van der Waals surface area contributed by atoms with E-state index in [4.69, 9.17) is 16.3 Å². The van der Waals surface area contributed by atoms with Crippen LogP contribution in [0.25, 0.3) is 26.2 Å². The zero-order valence-electron chi connectivity index (χ0n) is 21.4. The number of ether oxygens (including phenoxy) is 1. The Morgan fingerprint density at radius 2 is 1.76 bits per heavy atom. The third kappa shape index (κ3) is 5.61. The molecule has 1 fully saturated rings. The summed E-state index contributed by atoms with van der Waals surface area (Å²) in [6, 6.07) is 18.7. The molecule has 0 radical (unpaired) electrons. The Bertz CT molecular complexity index is 1550. The Hall–Kier alpha value is -3.62. The number of nitrogens with one attached hydrogen (secondary N) is 1. The molecule has 0 aliphatic carbocycles. The second-order valence-corrected chi connectivity index (χ2v) is 11.8. The van der Waals surface area contributed by atoms with Gasteiger partial charge in [-0.25, -0.2) is 4.79 Å². The van der Waals surface area contributed by atoms with Gasteiger partial charge in [-0.3, -0.25) is 14.2 Å². The van der Waals surface area contributed by atoms with E-state index >= 15 is 0 Å². The summed E-state index contributed by atoms with van der Waals surface area (Å²) in [5, 5.41) is 4.49. The first-order chi connectivity index (χ1) is 18.1. The van der Waals surface area contributed by atoms with E-state index < -0.39 is 11.7 Å². The number of likely N-dealkylation sites (tertiary alicyclic amines) is 1. The van der Waals surface area contributed by atoms with Gasteiger partial charge in [-0.05, 0) is 81.3 Å². The van der Waals surface area contributed by atoms with E-state index in [-0.39, 0.29) is 17.4 Å². The lowest BCUT2D eigenvalue weighted by molar-refractivity contribution is -0.119. The van der Waals surface area contributed by atoms with Crippen molar-refractivity contribution in [2.75, 3.05) is 18.4 Å². The van der Waals surface area contributed by atoms with Crippen molar-refractivity contribution < 1.29 is 14.3 Å². The van der Waals surface area contributed by atoms with Crippen molar-refractivity contribution in [2.45, 2.75) is 32.8 Å². The normalized spacial score (nSPS) is 15.6. The maximum atomic E-state index is 13.3. The van der Waals surface area contributed by atoms with Gasteiger partial charge in [0.25, 0.3) is 5.56 Å². The van der Waals surface area contributed by atoms with Crippen LogP contribution in [0.15, 0.2) is 71.7 Å². The second-order valence-electron chi connectivity index (χ2n) is 10.3. The Morgan fingerprint density at radius 3 is 2.45 bits per heavy atom. The SMILES string of the molecule is CC(C)(C)OC(=O)N1CCC(C(=O)Nc2ccc(-n3ccc4cc(-c5ccc(Cl)cc5)sc4c3=O)cc2)C1. The molecular weight excluding hydrogens is 522 g/mol. The van der Waals surface area contributed by atoms with Crippen LogP contribution in [0, 0.1) is 5.92 Å². The van der Waals surface area contributed by atoms with Crippen molar-refractivity contribution in [3.05, 3.63) is 82.2 Å². The lowest BCUT2D eigenvalue weighted by atomic mass is 10.1. The van der Waals surface area contributed by atoms with Gasteiger partial charge in [0.2, 0.25) is 5.91 Å². The number of rotatable bonds is 4. The van der Waals surface area contributed by atoms with Crippen molar-refractivity contribution in [3.63, 3.8) is 0 Å². The summed E-state index contributed by atoms with van der Waals surface area (Å²) in [5.41, 5.74) is 1.67. The largest absolute Gasteiger partial charge is 0.444 e. The number of hydrogen-bond donors (Lipinski definition) is 1. The number of carbonyl (C=O) groups excluding carboxylic acids is 2. The number of fused-ring (bicyclic) bond motifs is 1. The maximum absolute atomic E-state index is 13.3. The average molecular weight is 550 g/mol. The summed E-state index contributed by atoms with van der Waals surface area (Å²) in [6.07, 6.45) is 1.95. The molecule has 1 saturated heterocycles. The smallest absolute Gasteiger partial charge is 0.410 e. The molecule has 1 aliphatic rings. The van der Waals surface area contributed by atoms with Gasteiger partial charge in [0, 0.05) is 45.9 Å². The number of halogens is 1. The molecule has 1 atom stereocenters. The predicted octanol–water partition coefficient (Wildman–Crippen LogP) is 6.57. The molecule has 0 spiro atoms. The molecule has 38 heavy (non-hydrogen) atoms. The number of nitrogens with zero attached hydrogens (tertiary/aromatic N) is 2. The number of thiophene rings is 1. The van der Waals surface area contributed by atoms with Crippen LogP contribution >= 0.6 is 22.9 Å². The van der Waals surface area contributed by atoms with Gasteiger partial charge < -0.3 is 15.0 Å². The molecule has 4 aromatic rings. The molecule has 5 rings (SSSR count). The van der Waals surface area contributed by atoms with Crippen LogP contribution in [0.5, 0.6) is 0 Å². The van der Waals surface area contributed by atoms with Crippen LogP contribution in [0.1, 0.15) is 27.2 Å². The van der Waals surface area contributed by atoms with Gasteiger partial charge in [0.05, 0.1) is 5.92 Å². The highest BCUT2D eigenvalue weighted by Gasteiger charge is 2.33. The topological polar surface area (TPSA) is 80.6 Å². The van der Waals surface area contributed by atoms with Crippen LogP contribution < -0.4 is 10.9 Å². The first kappa shape index (κ1) is 26.0. The average Bonchev–Trinajstić information content (AvgIpc) is 3.53. The summed E-state index contributed by atoms with van der Waals surface area (Å²) in [4.78, 5) is 41.0. The van der Waals surface area contributed by atoms with Crippen LogP contribution in [0.4, 0.5) is 10.5 Å². The maximum Gasteiger partial charge on any atom is 0.410 e. The Labute approximate surface area is 229 Å². The van der Waals surface area contributed by atoms with Gasteiger partial charge in [-0.15, -0.1) is 11.3 Å². The molecule has 7 nitrogen and oxygen atoms in total. The number of pyridine rings is 1. The number of benzene rings is 2. The van der Waals surface area contributed by atoms with Crippen molar-refractivity contribution in [1.82, 2.24) is 9.47 Å². The molecule has 1 N–H and O–H groups in total. The van der Waals surface area contributed by atoms with Crippen LogP contribution in [0.3, 0.4) is 0 Å². The van der Waals surface area contributed by atoms with Gasteiger partial charge in [0.15, 0.2) is 0 Å². The van der Waals surface area contributed by atoms with E-state index in [1.165, 1.54) is 11.3 Å². The highest BCUT2D eigenvalue weighted by atomic mass is 35.5. The molecular formula is C29H28ClN3O4S. The van der Waals surface area contributed by atoms with E-state index in [0.29, 0.717) is 40.6 Å². The van der Waals surface area contributed by atoms with Crippen molar-refractivity contribution in [3.8, 4) is 16.1 Å². The van der Waals surface area contributed by atoms with E-state index in [1.807, 2.05) is 57.2 Å². The summed E-state index contributed by atoms with van der Waals surface area (Å²) in [6.45, 7) is 6.27. The minimum absolute atomic E-state index is 0.0994. The summed E-state index contributed by atoms with van der Waals surface area (Å²) >= 11 is 7.46. The number of aromatic nitrogens is 1. The summed E-state index contributed by atoms with van der Waals surface area (Å²) in [7, 11) is 0. The molecule has 196 valence electrons.